The summed E-state index contributed by atoms with van der Waals surface area (Å²) in [6, 6.07) is 10.1. The summed E-state index contributed by atoms with van der Waals surface area (Å²) in [5.41, 5.74) is 0.445. The summed E-state index contributed by atoms with van der Waals surface area (Å²) in [7, 11) is 0. The van der Waals surface area contributed by atoms with E-state index in [1.165, 1.54) is 23.6 Å². The molecular weight excluding hydrogens is 486 g/mol. The SMILES string of the molecule is CC(=O)N[C@@H]1[C@@H](O)[C@H](O)[C@@H](CO)O[C@H]1SCCNCCCN1C(=O)c2cccc3cccc(c23)C1=O. The lowest BCUT2D eigenvalue weighted by Gasteiger charge is -2.42. The van der Waals surface area contributed by atoms with Crippen molar-refractivity contribution < 1.29 is 34.4 Å². The van der Waals surface area contributed by atoms with Crippen molar-refractivity contribution in [2.75, 3.05) is 32.0 Å². The molecule has 0 unspecified atom stereocenters. The summed E-state index contributed by atoms with van der Waals surface area (Å²) in [6.45, 7) is 2.31. The van der Waals surface area contributed by atoms with Gasteiger partial charge in [0, 0.05) is 42.3 Å². The summed E-state index contributed by atoms with van der Waals surface area (Å²) < 4.78 is 5.69. The van der Waals surface area contributed by atoms with Crippen LogP contribution in [0.25, 0.3) is 10.8 Å². The molecule has 2 aliphatic heterocycles. The van der Waals surface area contributed by atoms with Gasteiger partial charge in [-0.15, -0.1) is 11.8 Å². The van der Waals surface area contributed by atoms with Crippen molar-refractivity contribution in [2.45, 2.75) is 43.1 Å². The topological polar surface area (TPSA) is 148 Å². The lowest BCUT2D eigenvalue weighted by atomic mass is 9.94. The molecule has 1 fully saturated rings. The highest BCUT2D eigenvalue weighted by Crippen LogP contribution is 2.30. The van der Waals surface area contributed by atoms with Gasteiger partial charge in [-0.3, -0.25) is 19.3 Å². The van der Waals surface area contributed by atoms with E-state index in [9.17, 15) is 29.7 Å². The van der Waals surface area contributed by atoms with E-state index < -0.39 is 36.4 Å². The second kappa shape index (κ2) is 11.7. The Balaban J connectivity index is 1.24. The van der Waals surface area contributed by atoms with Crippen LogP contribution in [0.4, 0.5) is 0 Å². The zero-order valence-corrected chi connectivity index (χ0v) is 20.7. The average molecular weight is 518 g/mol. The molecule has 2 aromatic carbocycles. The second-order valence-electron chi connectivity index (χ2n) is 8.88. The van der Waals surface area contributed by atoms with Gasteiger partial charge >= 0.3 is 0 Å². The van der Waals surface area contributed by atoms with E-state index in [0.717, 1.165) is 5.39 Å². The predicted molar refractivity (Wildman–Crippen MR) is 135 cm³/mol. The Bertz CT molecular complexity index is 1080. The van der Waals surface area contributed by atoms with Crippen molar-refractivity contribution in [3.63, 3.8) is 0 Å². The first-order chi connectivity index (χ1) is 17.3. The van der Waals surface area contributed by atoms with Gasteiger partial charge in [-0.1, -0.05) is 24.3 Å². The number of thioether (sulfide) groups is 1. The Labute approximate surface area is 213 Å². The minimum Gasteiger partial charge on any atom is -0.394 e. The zero-order valence-electron chi connectivity index (χ0n) is 19.9. The molecule has 5 atom stereocenters. The first kappa shape index (κ1) is 26.5. The van der Waals surface area contributed by atoms with E-state index in [1.54, 1.807) is 12.1 Å². The average Bonchev–Trinajstić information content (AvgIpc) is 2.87. The van der Waals surface area contributed by atoms with Crippen molar-refractivity contribution in [1.82, 2.24) is 15.5 Å². The molecule has 1 saturated heterocycles. The first-order valence-electron chi connectivity index (χ1n) is 11.9. The van der Waals surface area contributed by atoms with E-state index in [1.807, 2.05) is 24.3 Å². The maximum absolute atomic E-state index is 12.9. The van der Waals surface area contributed by atoms with Crippen LogP contribution in [0.5, 0.6) is 0 Å². The maximum Gasteiger partial charge on any atom is 0.261 e. The number of aliphatic hydroxyl groups excluding tert-OH is 3. The number of carbonyl (C=O) groups is 3. The standard InChI is InChI=1S/C25H31N3O7S/c1-14(30)27-20-22(32)21(31)18(13-29)35-25(20)36-12-10-26-9-4-11-28-23(33)16-7-2-5-15-6-3-8-17(19(15)16)24(28)34/h2-3,5-8,18,20-22,25-26,29,31-32H,4,9-13H2,1H3,(H,27,30)/t18-,20-,21-,22-,25+/m1/s1. The third-order valence-electron chi connectivity index (χ3n) is 6.40. The van der Waals surface area contributed by atoms with Crippen molar-refractivity contribution in [3.05, 3.63) is 47.5 Å². The molecule has 0 radical (unpaired) electrons. The van der Waals surface area contributed by atoms with E-state index in [-0.39, 0.29) is 17.7 Å². The van der Waals surface area contributed by atoms with Crippen LogP contribution in [0.2, 0.25) is 0 Å². The third kappa shape index (κ3) is 5.41. The lowest BCUT2D eigenvalue weighted by Crippen LogP contribution is -2.63. The first-order valence-corrected chi connectivity index (χ1v) is 13.0. The summed E-state index contributed by atoms with van der Waals surface area (Å²) in [6.07, 6.45) is -2.93. The second-order valence-corrected chi connectivity index (χ2v) is 10.1. The van der Waals surface area contributed by atoms with Gasteiger partial charge in [-0.2, -0.15) is 0 Å². The molecule has 0 spiro atoms. The molecule has 0 aliphatic carbocycles. The number of hydrogen-bond donors (Lipinski definition) is 5. The number of amides is 3. The van der Waals surface area contributed by atoms with Crippen molar-refractivity contribution >= 4 is 40.3 Å². The Morgan fingerprint density at radius 2 is 1.72 bits per heavy atom. The summed E-state index contributed by atoms with van der Waals surface area (Å²) in [4.78, 5) is 38.7. The van der Waals surface area contributed by atoms with Gasteiger partial charge in [0.05, 0.1) is 12.6 Å². The minimum atomic E-state index is -1.30. The van der Waals surface area contributed by atoms with E-state index >= 15 is 0 Å². The fourth-order valence-electron chi connectivity index (χ4n) is 4.63. The molecule has 0 bridgehead atoms. The number of nitrogens with zero attached hydrogens (tertiary/aromatic N) is 1. The van der Waals surface area contributed by atoms with Gasteiger partial charge in [-0.05, 0) is 30.5 Å². The third-order valence-corrected chi connectivity index (χ3v) is 7.58. The van der Waals surface area contributed by atoms with Crippen LogP contribution < -0.4 is 10.6 Å². The van der Waals surface area contributed by atoms with Gasteiger partial charge in [0.15, 0.2) is 0 Å². The molecule has 36 heavy (non-hydrogen) atoms. The number of rotatable bonds is 10. The van der Waals surface area contributed by atoms with Crippen molar-refractivity contribution in [3.8, 4) is 0 Å². The number of carbonyl (C=O) groups excluding carboxylic acids is 3. The summed E-state index contributed by atoms with van der Waals surface area (Å²) >= 11 is 1.35. The van der Waals surface area contributed by atoms with Crippen LogP contribution in [-0.4, -0.2) is 99.7 Å². The van der Waals surface area contributed by atoms with Crippen LogP contribution in [0.1, 0.15) is 34.1 Å². The Kier molecular flexibility index (Phi) is 8.60. The van der Waals surface area contributed by atoms with Crippen LogP contribution in [0.15, 0.2) is 36.4 Å². The smallest absolute Gasteiger partial charge is 0.261 e. The molecule has 11 heteroatoms. The number of nitrogens with one attached hydrogen (secondary N) is 2. The molecule has 0 aromatic heterocycles. The van der Waals surface area contributed by atoms with Gasteiger partial charge in [-0.25, -0.2) is 0 Å². The highest BCUT2D eigenvalue weighted by molar-refractivity contribution is 7.99. The summed E-state index contributed by atoms with van der Waals surface area (Å²) in [5, 5.41) is 37.3. The molecular formula is C25H31N3O7S. The molecule has 4 rings (SSSR count). The van der Waals surface area contributed by atoms with Crippen molar-refractivity contribution in [1.29, 1.82) is 0 Å². The van der Waals surface area contributed by atoms with Gasteiger partial charge < -0.3 is 30.7 Å². The molecule has 2 aliphatic rings. The van der Waals surface area contributed by atoms with E-state index in [0.29, 0.717) is 48.3 Å². The number of imide groups is 1. The molecule has 194 valence electrons. The zero-order chi connectivity index (χ0) is 25.8. The molecule has 3 amide bonds. The lowest BCUT2D eigenvalue weighted by molar-refractivity contribution is -0.173. The molecule has 10 nitrogen and oxygen atoms in total. The van der Waals surface area contributed by atoms with E-state index in [4.69, 9.17) is 4.74 Å². The highest BCUT2D eigenvalue weighted by Gasteiger charge is 2.44. The summed E-state index contributed by atoms with van der Waals surface area (Å²) in [5.74, 6) is -0.352. The minimum absolute atomic E-state index is 0.280. The number of aliphatic hydroxyl groups is 3. The van der Waals surface area contributed by atoms with Gasteiger partial charge in [0.25, 0.3) is 11.8 Å². The number of hydrogen-bond acceptors (Lipinski definition) is 9. The quantitative estimate of drug-likeness (QED) is 0.218. The monoisotopic (exact) mass is 517 g/mol. The fourth-order valence-corrected chi connectivity index (χ4v) is 5.78. The molecule has 2 heterocycles. The molecule has 5 N–H and O–H groups in total. The van der Waals surface area contributed by atoms with E-state index in [2.05, 4.69) is 10.6 Å². The number of benzene rings is 2. The number of ether oxygens (including phenoxy) is 1. The Hall–Kier alpha value is -2.54. The predicted octanol–water partition coefficient (Wildman–Crippen LogP) is 0.0924. The van der Waals surface area contributed by atoms with Crippen LogP contribution in [-0.2, 0) is 9.53 Å². The maximum atomic E-state index is 12.9. The molecule has 2 aromatic rings. The largest absolute Gasteiger partial charge is 0.394 e. The van der Waals surface area contributed by atoms with Crippen LogP contribution in [0.3, 0.4) is 0 Å². The fraction of sp³-hybridized carbons (Fsp3) is 0.480. The van der Waals surface area contributed by atoms with Gasteiger partial charge in [0.1, 0.15) is 23.7 Å². The Morgan fingerprint density at radius 1 is 1.06 bits per heavy atom. The van der Waals surface area contributed by atoms with Crippen LogP contribution in [0, 0.1) is 0 Å². The Morgan fingerprint density at radius 3 is 2.33 bits per heavy atom. The highest BCUT2D eigenvalue weighted by atomic mass is 32.2. The molecule has 0 saturated carbocycles. The van der Waals surface area contributed by atoms with Crippen LogP contribution >= 0.6 is 11.8 Å². The normalized spacial score (nSPS) is 25.9. The van der Waals surface area contributed by atoms with Gasteiger partial charge in [0.2, 0.25) is 5.91 Å². The van der Waals surface area contributed by atoms with Crippen molar-refractivity contribution in [2.24, 2.45) is 0 Å².